The summed E-state index contributed by atoms with van der Waals surface area (Å²) in [6, 6.07) is 4.67. The predicted molar refractivity (Wildman–Crippen MR) is 111 cm³/mol. The van der Waals surface area contributed by atoms with Crippen molar-refractivity contribution in [3.63, 3.8) is 0 Å². The molecule has 0 heterocycles. The van der Waals surface area contributed by atoms with Crippen LogP contribution < -0.4 is 15.4 Å². The van der Waals surface area contributed by atoms with Crippen LogP contribution in [0.3, 0.4) is 0 Å². The van der Waals surface area contributed by atoms with Crippen LogP contribution in [0.15, 0.2) is 42.5 Å². The Labute approximate surface area is 200 Å². The van der Waals surface area contributed by atoms with Gasteiger partial charge in [0.05, 0.1) is 12.1 Å². The van der Waals surface area contributed by atoms with E-state index in [0.717, 1.165) is 44.4 Å². The van der Waals surface area contributed by atoms with Crippen LogP contribution in [0.4, 0.5) is 39.9 Å². The molecule has 0 bridgehead atoms. The monoisotopic (exact) mass is 527 g/mol. The number of nitrogens with one attached hydrogen (secondary N) is 2. The molecule has 0 spiro atoms. The predicted octanol–water partition coefficient (Wildman–Crippen LogP) is 4.49. The molecular formula is C22H21F8N3O3. The molecule has 0 aliphatic heterocycles. The smallest absolute Gasteiger partial charge is 0.428 e. The molecule has 2 aromatic rings. The Morgan fingerprint density at radius 1 is 0.944 bits per heavy atom. The molecule has 1 atom stereocenters. The highest BCUT2D eigenvalue weighted by Gasteiger charge is 2.45. The van der Waals surface area contributed by atoms with Crippen LogP contribution in [0.5, 0.6) is 5.75 Å². The number of nitrogens with zero attached hydrogens (tertiary/aromatic N) is 1. The highest BCUT2D eigenvalue weighted by Crippen LogP contribution is 2.35. The highest BCUT2D eigenvalue weighted by atomic mass is 19.3. The quantitative estimate of drug-likeness (QED) is 0.473. The summed E-state index contributed by atoms with van der Waals surface area (Å²) in [6.45, 7) is -0.250. The minimum Gasteiger partial charge on any atom is -0.428 e. The summed E-state index contributed by atoms with van der Waals surface area (Å²) in [5, 5.41) is 4.02. The van der Waals surface area contributed by atoms with E-state index in [2.05, 4.69) is 10.1 Å². The number of hydrogen-bond acceptors (Lipinski definition) is 3. The van der Waals surface area contributed by atoms with Crippen LogP contribution in [0, 0.1) is 11.6 Å². The Bertz CT molecular complexity index is 1100. The highest BCUT2D eigenvalue weighted by molar-refractivity contribution is 5.84. The fourth-order valence-corrected chi connectivity index (χ4v) is 3.07. The third-order valence-electron chi connectivity index (χ3n) is 4.93. The number of ether oxygens (including phenoxy) is 1. The van der Waals surface area contributed by atoms with Gasteiger partial charge in [-0.3, -0.25) is 4.79 Å². The van der Waals surface area contributed by atoms with Crippen molar-refractivity contribution in [3.8, 4) is 5.75 Å². The van der Waals surface area contributed by atoms with Gasteiger partial charge in [0.1, 0.15) is 17.4 Å². The van der Waals surface area contributed by atoms with Gasteiger partial charge in [-0.05, 0) is 42.3 Å². The molecule has 6 nitrogen and oxygen atoms in total. The van der Waals surface area contributed by atoms with Gasteiger partial charge < -0.3 is 20.3 Å². The molecule has 0 aromatic heterocycles. The summed E-state index contributed by atoms with van der Waals surface area (Å²) < 4.78 is 112. The van der Waals surface area contributed by atoms with Crippen molar-refractivity contribution in [2.45, 2.75) is 30.9 Å². The lowest BCUT2D eigenvalue weighted by Gasteiger charge is -2.33. The van der Waals surface area contributed by atoms with Crippen molar-refractivity contribution in [2.24, 2.45) is 0 Å². The fourth-order valence-electron chi connectivity index (χ4n) is 3.07. The second-order valence-corrected chi connectivity index (χ2v) is 7.98. The van der Waals surface area contributed by atoms with E-state index in [4.69, 9.17) is 0 Å². The Balaban J connectivity index is 2.45. The molecule has 198 valence electrons. The largest absolute Gasteiger partial charge is 0.461 e. The van der Waals surface area contributed by atoms with Gasteiger partial charge in [-0.2, -0.15) is 26.3 Å². The van der Waals surface area contributed by atoms with Crippen molar-refractivity contribution in [2.75, 3.05) is 20.6 Å². The Kier molecular flexibility index (Phi) is 8.42. The van der Waals surface area contributed by atoms with Gasteiger partial charge in [0.25, 0.3) is 5.91 Å². The van der Waals surface area contributed by atoms with Crippen LogP contribution in [-0.2, 0) is 10.3 Å². The summed E-state index contributed by atoms with van der Waals surface area (Å²) in [7, 11) is 2.15. The third-order valence-corrected chi connectivity index (χ3v) is 4.93. The van der Waals surface area contributed by atoms with E-state index >= 15 is 0 Å². The van der Waals surface area contributed by atoms with E-state index in [0.29, 0.717) is 17.0 Å². The van der Waals surface area contributed by atoms with Crippen molar-refractivity contribution < 1.29 is 49.4 Å². The van der Waals surface area contributed by atoms with E-state index in [-0.39, 0.29) is 11.1 Å². The fraction of sp³-hybridized carbons (Fsp3) is 0.364. The summed E-state index contributed by atoms with van der Waals surface area (Å²) in [6.07, 6.45) is -9.23. The maximum absolute atomic E-state index is 14.3. The Morgan fingerprint density at radius 3 is 2.06 bits per heavy atom. The molecule has 0 aliphatic rings. The maximum atomic E-state index is 14.3. The molecular weight excluding hydrogens is 506 g/mol. The number of carbonyl (C=O) groups excluding carboxylic acids is 2. The molecule has 2 rings (SSSR count). The minimum atomic E-state index is -4.98. The number of hydrogen-bond donors (Lipinski definition) is 2. The molecule has 0 unspecified atom stereocenters. The molecule has 36 heavy (non-hydrogen) atoms. The van der Waals surface area contributed by atoms with Gasteiger partial charge in [-0.1, -0.05) is 12.1 Å². The van der Waals surface area contributed by atoms with Crippen LogP contribution in [0.25, 0.3) is 0 Å². The van der Waals surface area contributed by atoms with E-state index < -0.39 is 59.9 Å². The number of carbonyl (C=O) groups is 2. The summed E-state index contributed by atoms with van der Waals surface area (Å²) in [5.74, 6) is -8.57. The van der Waals surface area contributed by atoms with Crippen LogP contribution in [0.2, 0.25) is 0 Å². The molecule has 0 saturated heterocycles. The average molecular weight is 527 g/mol. The summed E-state index contributed by atoms with van der Waals surface area (Å²) in [5.41, 5.74) is -2.24. The van der Waals surface area contributed by atoms with Gasteiger partial charge in [0.15, 0.2) is 0 Å². The molecule has 0 aliphatic carbocycles. The van der Waals surface area contributed by atoms with E-state index in [9.17, 15) is 44.7 Å². The number of benzene rings is 2. The van der Waals surface area contributed by atoms with Crippen LogP contribution >= 0.6 is 0 Å². The Morgan fingerprint density at radius 2 is 1.53 bits per heavy atom. The van der Waals surface area contributed by atoms with Gasteiger partial charge in [-0.25, -0.2) is 13.6 Å². The van der Waals surface area contributed by atoms with E-state index in [1.807, 2.05) is 0 Å². The molecule has 2 N–H and O–H groups in total. The third kappa shape index (κ3) is 6.76. The molecule has 0 fully saturated rings. The summed E-state index contributed by atoms with van der Waals surface area (Å²) in [4.78, 5) is 24.7. The zero-order chi connectivity index (χ0) is 27.5. The zero-order valence-corrected chi connectivity index (χ0v) is 19.0. The molecule has 2 aromatic carbocycles. The lowest BCUT2D eigenvalue weighted by molar-refractivity contribution is -0.253. The minimum absolute atomic E-state index is 0.0207. The Hall–Kier alpha value is -3.58. The standard InChI is InChI=1S/C22H21F8N3O3/c1-20(12-4-6-14(23)7-5-12,32-19(35)31-11-21(27,28)18(34)33(2)3)13-8-15(24)10-16(9-13)36-22(29,30)17(25)26/h4-10,17H,11H2,1-3H3,(H2,31,32,35)/t20-/m1/s1. The maximum Gasteiger partial charge on any atom is 0.461 e. The zero-order valence-electron chi connectivity index (χ0n) is 19.0. The molecule has 3 amide bonds. The topological polar surface area (TPSA) is 70.7 Å². The lowest BCUT2D eigenvalue weighted by Crippen LogP contribution is -2.53. The number of rotatable bonds is 9. The van der Waals surface area contributed by atoms with Crippen LogP contribution in [-0.4, -0.2) is 55.9 Å². The first-order valence-corrected chi connectivity index (χ1v) is 10.1. The second kappa shape index (κ2) is 10.6. The second-order valence-electron chi connectivity index (χ2n) is 7.98. The van der Waals surface area contributed by atoms with Gasteiger partial charge >= 0.3 is 24.5 Å². The van der Waals surface area contributed by atoms with E-state index in [1.165, 1.54) is 6.92 Å². The van der Waals surface area contributed by atoms with Crippen LogP contribution in [0.1, 0.15) is 18.1 Å². The summed E-state index contributed by atoms with van der Waals surface area (Å²) >= 11 is 0. The van der Waals surface area contributed by atoms with Gasteiger partial charge in [-0.15, -0.1) is 0 Å². The first-order chi connectivity index (χ1) is 16.5. The van der Waals surface area contributed by atoms with Crippen molar-refractivity contribution in [3.05, 3.63) is 65.2 Å². The number of amides is 3. The number of urea groups is 1. The first-order valence-electron chi connectivity index (χ1n) is 10.1. The van der Waals surface area contributed by atoms with Crippen molar-refractivity contribution in [1.82, 2.24) is 15.5 Å². The van der Waals surface area contributed by atoms with E-state index in [1.54, 1.807) is 5.32 Å². The van der Waals surface area contributed by atoms with Crippen molar-refractivity contribution >= 4 is 11.9 Å². The average Bonchev–Trinajstić information content (AvgIpc) is 2.76. The number of alkyl halides is 6. The van der Waals surface area contributed by atoms with Crippen molar-refractivity contribution in [1.29, 1.82) is 0 Å². The molecule has 0 radical (unpaired) electrons. The van der Waals surface area contributed by atoms with Gasteiger partial charge in [0, 0.05) is 20.2 Å². The SMILES string of the molecule is CN(C)C(=O)C(F)(F)CNC(=O)N[C@](C)(c1ccc(F)cc1)c1cc(F)cc(OC(F)(F)C(F)F)c1. The normalized spacial score (nSPS) is 13.7. The lowest BCUT2D eigenvalue weighted by atomic mass is 9.84. The first kappa shape index (κ1) is 28.7. The number of halogens is 8. The van der Waals surface area contributed by atoms with Gasteiger partial charge in [0.2, 0.25) is 0 Å². The molecule has 14 heteroatoms. The molecule has 0 saturated carbocycles.